The van der Waals surface area contributed by atoms with Crippen LogP contribution in [0.15, 0.2) is 24.3 Å². The molecule has 1 saturated heterocycles. The Kier molecular flexibility index (Phi) is 3.72. The van der Waals surface area contributed by atoms with E-state index in [9.17, 15) is 9.90 Å². The minimum atomic E-state index is -0.542. The Morgan fingerprint density at radius 3 is 3.04 bits per heavy atom. The van der Waals surface area contributed by atoms with E-state index in [0.717, 1.165) is 37.9 Å². The molecule has 2 aliphatic carbocycles. The van der Waals surface area contributed by atoms with Gasteiger partial charge in [0.15, 0.2) is 23.4 Å². The molecule has 4 atom stereocenters. The third-order valence-electron chi connectivity index (χ3n) is 7.39. The van der Waals surface area contributed by atoms with Crippen LogP contribution in [0.2, 0.25) is 0 Å². The molecule has 5 nitrogen and oxygen atoms in total. The van der Waals surface area contributed by atoms with Gasteiger partial charge in [-0.2, -0.15) is 0 Å². The molecular formula is C22H28N2O3. The molecule has 1 spiro atoms. The molecule has 0 amide bonds. The number of nitrogens with zero attached hydrogens (tertiary/aromatic N) is 1. The predicted molar refractivity (Wildman–Crippen MR) is 103 cm³/mol. The number of hydrogen-bond donors (Lipinski definition) is 2. The zero-order chi connectivity index (χ0) is 18.8. The summed E-state index contributed by atoms with van der Waals surface area (Å²) in [6.07, 6.45) is 8.56. The number of phenols is 1. The van der Waals surface area contributed by atoms with Crippen LogP contribution in [0.5, 0.6) is 11.5 Å². The van der Waals surface area contributed by atoms with Crippen LogP contribution in [0.25, 0.3) is 0 Å². The van der Waals surface area contributed by atoms with Crippen LogP contribution >= 0.6 is 0 Å². The summed E-state index contributed by atoms with van der Waals surface area (Å²) < 4.78 is 6.20. The third-order valence-corrected chi connectivity index (χ3v) is 7.39. The zero-order valence-electron chi connectivity index (χ0n) is 16.1. The van der Waals surface area contributed by atoms with Gasteiger partial charge in [-0.3, -0.25) is 4.79 Å². The summed E-state index contributed by atoms with van der Waals surface area (Å²) >= 11 is 0. The summed E-state index contributed by atoms with van der Waals surface area (Å²) in [5, 5.41) is 14.4. The lowest BCUT2D eigenvalue weighted by Gasteiger charge is -2.63. The normalized spacial score (nSPS) is 35.9. The van der Waals surface area contributed by atoms with Crippen molar-refractivity contribution in [3.8, 4) is 11.5 Å². The number of carbonyl (C=O) groups is 1. The lowest BCUT2D eigenvalue weighted by molar-refractivity contribution is -0.129. The highest BCUT2D eigenvalue weighted by Crippen LogP contribution is 2.63. The number of phenolic OH excluding ortho intramolecular Hbond substituents is 1. The first-order valence-electron chi connectivity index (χ1n) is 10.3. The van der Waals surface area contributed by atoms with Gasteiger partial charge >= 0.3 is 0 Å². The SMILES string of the molecule is CCCCCN[C@]12C=CC(=O)[C@@H]3Oc4c(O)ccc5c4[C@]31CCN(C)[C@H]2C5. The quantitative estimate of drug-likeness (QED) is 0.781. The molecule has 5 heteroatoms. The van der Waals surface area contributed by atoms with E-state index in [1.807, 2.05) is 6.07 Å². The molecule has 4 aliphatic rings. The van der Waals surface area contributed by atoms with Gasteiger partial charge < -0.3 is 20.1 Å². The van der Waals surface area contributed by atoms with Crippen molar-refractivity contribution in [3.63, 3.8) is 0 Å². The van der Waals surface area contributed by atoms with Crippen LogP contribution in [0.1, 0.15) is 43.7 Å². The number of likely N-dealkylation sites (N-methyl/N-ethyl adjacent to an activating group) is 1. The maximum absolute atomic E-state index is 12.9. The maximum Gasteiger partial charge on any atom is 0.196 e. The molecule has 0 saturated carbocycles. The summed E-state index contributed by atoms with van der Waals surface area (Å²) in [7, 11) is 2.19. The summed E-state index contributed by atoms with van der Waals surface area (Å²) in [6, 6.07) is 4.01. The molecule has 0 radical (unpaired) electrons. The lowest BCUT2D eigenvalue weighted by atomic mass is 9.49. The molecule has 0 unspecified atom stereocenters. The fourth-order valence-corrected chi connectivity index (χ4v) is 6.17. The number of carbonyl (C=O) groups excluding carboxylic acids is 1. The van der Waals surface area contributed by atoms with Crippen molar-refractivity contribution in [2.75, 3.05) is 20.1 Å². The van der Waals surface area contributed by atoms with Crippen molar-refractivity contribution in [3.05, 3.63) is 35.4 Å². The Balaban J connectivity index is 1.72. The van der Waals surface area contributed by atoms with Crippen LogP contribution in [-0.4, -0.2) is 53.6 Å². The Bertz CT molecular complexity index is 835. The summed E-state index contributed by atoms with van der Waals surface area (Å²) in [4.78, 5) is 15.3. The van der Waals surface area contributed by atoms with Crippen molar-refractivity contribution in [1.82, 2.24) is 10.2 Å². The van der Waals surface area contributed by atoms with E-state index >= 15 is 0 Å². The van der Waals surface area contributed by atoms with Crippen molar-refractivity contribution in [2.45, 2.75) is 62.1 Å². The van der Waals surface area contributed by atoms with E-state index in [1.165, 1.54) is 18.4 Å². The van der Waals surface area contributed by atoms with Crippen LogP contribution in [-0.2, 0) is 16.6 Å². The Hall–Kier alpha value is -1.85. The Morgan fingerprint density at radius 2 is 2.22 bits per heavy atom. The number of rotatable bonds is 5. The zero-order valence-corrected chi connectivity index (χ0v) is 16.1. The smallest absolute Gasteiger partial charge is 0.196 e. The number of hydrogen-bond acceptors (Lipinski definition) is 5. The van der Waals surface area contributed by atoms with Gasteiger partial charge in [-0.25, -0.2) is 0 Å². The molecule has 1 fully saturated rings. The topological polar surface area (TPSA) is 61.8 Å². The Morgan fingerprint density at radius 1 is 1.37 bits per heavy atom. The molecule has 27 heavy (non-hydrogen) atoms. The van der Waals surface area contributed by atoms with Gasteiger partial charge in [0.1, 0.15) is 0 Å². The van der Waals surface area contributed by atoms with Crippen molar-refractivity contribution in [2.24, 2.45) is 0 Å². The second kappa shape index (κ2) is 5.82. The molecule has 1 aromatic carbocycles. The monoisotopic (exact) mass is 368 g/mol. The first kappa shape index (κ1) is 17.3. The second-order valence-corrected chi connectivity index (χ2v) is 8.61. The molecule has 1 aromatic rings. The Labute approximate surface area is 160 Å². The number of unbranched alkanes of at least 4 members (excludes halogenated alkanes) is 2. The first-order valence-corrected chi connectivity index (χ1v) is 10.3. The molecule has 5 rings (SSSR count). The molecule has 0 aromatic heterocycles. The van der Waals surface area contributed by atoms with Crippen molar-refractivity contribution < 1.29 is 14.6 Å². The van der Waals surface area contributed by atoms with E-state index < -0.39 is 11.5 Å². The highest BCUT2D eigenvalue weighted by molar-refractivity contribution is 5.99. The van der Waals surface area contributed by atoms with Gasteiger partial charge in [0.25, 0.3) is 0 Å². The standard InChI is InChI=1S/C22H28N2O3/c1-3-4-5-11-23-22-9-8-16(26)20-21(22)10-12-24(2)17(22)13-14-6-7-15(25)19(27-20)18(14)21/h6-9,17,20,23,25H,3-5,10-13H2,1-2H3/t17-,20-,21+,22-/m0/s1. The number of ketones is 1. The largest absolute Gasteiger partial charge is 0.504 e. The number of ether oxygens (including phenoxy) is 1. The van der Waals surface area contributed by atoms with Crippen molar-refractivity contribution in [1.29, 1.82) is 0 Å². The predicted octanol–water partition coefficient (Wildman–Crippen LogP) is 2.31. The van der Waals surface area contributed by atoms with Gasteiger partial charge in [0.05, 0.1) is 11.0 Å². The fourth-order valence-electron chi connectivity index (χ4n) is 6.17. The van der Waals surface area contributed by atoms with E-state index in [4.69, 9.17) is 4.74 Å². The van der Waals surface area contributed by atoms with E-state index in [-0.39, 0.29) is 23.1 Å². The van der Waals surface area contributed by atoms with Gasteiger partial charge in [0.2, 0.25) is 0 Å². The van der Waals surface area contributed by atoms with Crippen LogP contribution < -0.4 is 10.1 Å². The third kappa shape index (κ3) is 1.99. The number of likely N-dealkylation sites (tertiary alicyclic amines) is 1. The second-order valence-electron chi connectivity index (χ2n) is 8.61. The van der Waals surface area contributed by atoms with Crippen molar-refractivity contribution >= 4 is 5.78 Å². The van der Waals surface area contributed by atoms with Gasteiger partial charge in [-0.15, -0.1) is 0 Å². The average molecular weight is 368 g/mol. The summed E-state index contributed by atoms with van der Waals surface area (Å²) in [5.74, 6) is 0.715. The van der Waals surface area contributed by atoms with Crippen LogP contribution in [0, 0.1) is 0 Å². The summed E-state index contributed by atoms with van der Waals surface area (Å²) in [5.41, 5.74) is 1.54. The molecule has 2 N–H and O–H groups in total. The van der Waals surface area contributed by atoms with Crippen LogP contribution in [0.3, 0.4) is 0 Å². The minimum absolute atomic E-state index is 0.0211. The molecule has 144 valence electrons. The average Bonchev–Trinajstić information content (AvgIpc) is 3.02. The maximum atomic E-state index is 12.9. The molecular weight excluding hydrogens is 340 g/mol. The first-order chi connectivity index (χ1) is 13.0. The van der Waals surface area contributed by atoms with Crippen LogP contribution in [0.4, 0.5) is 0 Å². The lowest BCUT2D eigenvalue weighted by Crippen LogP contribution is -2.79. The van der Waals surface area contributed by atoms with Gasteiger partial charge in [0, 0.05) is 11.6 Å². The highest BCUT2D eigenvalue weighted by Gasteiger charge is 2.71. The number of nitrogens with one attached hydrogen (secondary N) is 1. The number of aromatic hydroxyl groups is 1. The molecule has 2 aliphatic heterocycles. The van der Waals surface area contributed by atoms with Gasteiger partial charge in [-0.05, 0) is 57.1 Å². The van der Waals surface area contributed by atoms with E-state index in [2.05, 4.69) is 30.3 Å². The summed E-state index contributed by atoms with van der Waals surface area (Å²) in [6.45, 7) is 4.07. The molecule has 2 bridgehead atoms. The van der Waals surface area contributed by atoms with Gasteiger partial charge in [-0.1, -0.05) is 31.9 Å². The highest BCUT2D eigenvalue weighted by atomic mass is 16.5. The number of benzene rings is 1. The van der Waals surface area contributed by atoms with E-state index in [0.29, 0.717) is 5.75 Å². The molecule has 2 heterocycles. The van der Waals surface area contributed by atoms with E-state index in [1.54, 1.807) is 12.1 Å². The number of piperidine rings is 1. The fraction of sp³-hybridized carbons (Fsp3) is 0.591. The minimum Gasteiger partial charge on any atom is -0.504 e.